The highest BCUT2D eigenvalue weighted by atomic mass is 16.6. The van der Waals surface area contributed by atoms with Gasteiger partial charge in [-0.05, 0) is 30.4 Å². The van der Waals surface area contributed by atoms with Gasteiger partial charge in [-0.2, -0.15) is 0 Å². The van der Waals surface area contributed by atoms with E-state index in [1.165, 1.54) is 7.11 Å². The molecule has 0 bridgehead atoms. The lowest BCUT2D eigenvalue weighted by Gasteiger charge is -2.12. The van der Waals surface area contributed by atoms with Crippen LogP contribution in [0.1, 0.15) is 15.9 Å². The largest absolute Gasteiger partial charge is 0.487 e. The minimum Gasteiger partial charge on any atom is -0.487 e. The van der Waals surface area contributed by atoms with E-state index < -0.39 is 0 Å². The van der Waals surface area contributed by atoms with Gasteiger partial charge in [0.15, 0.2) is 0 Å². The van der Waals surface area contributed by atoms with Crippen molar-refractivity contribution >= 4 is 17.7 Å². The molecule has 0 fully saturated rings. The average molecular weight is 260 g/mol. The molecule has 2 rings (SSSR count). The number of oxime groups is 1. The van der Waals surface area contributed by atoms with E-state index in [0.29, 0.717) is 17.9 Å². The van der Waals surface area contributed by atoms with Crippen LogP contribution in [0.15, 0.2) is 29.4 Å². The third kappa shape index (κ3) is 2.93. The van der Waals surface area contributed by atoms with Crippen LogP contribution >= 0.6 is 0 Å². The van der Waals surface area contributed by atoms with Crippen LogP contribution < -0.4 is 4.74 Å². The number of benzene rings is 1. The van der Waals surface area contributed by atoms with Crippen molar-refractivity contribution in [2.75, 3.05) is 27.8 Å². The van der Waals surface area contributed by atoms with Gasteiger partial charge in [0.25, 0.3) is 5.91 Å². The van der Waals surface area contributed by atoms with Gasteiger partial charge in [-0.25, -0.2) is 0 Å². The monoisotopic (exact) mass is 260 g/mol. The number of fused-ring (bicyclic) bond motifs is 1. The van der Waals surface area contributed by atoms with Crippen molar-refractivity contribution in [1.29, 1.82) is 0 Å². The molecule has 1 aliphatic heterocycles. The normalized spacial score (nSPS) is 15.4. The van der Waals surface area contributed by atoms with Gasteiger partial charge in [0.05, 0.1) is 0 Å². The van der Waals surface area contributed by atoms with E-state index in [-0.39, 0.29) is 5.91 Å². The molecule has 1 aliphatic rings. The van der Waals surface area contributed by atoms with Gasteiger partial charge >= 0.3 is 0 Å². The molecule has 100 valence electrons. The van der Waals surface area contributed by atoms with Crippen molar-refractivity contribution in [3.05, 3.63) is 35.4 Å². The molecule has 0 aliphatic carbocycles. The first-order valence-corrected chi connectivity index (χ1v) is 5.88. The van der Waals surface area contributed by atoms with Gasteiger partial charge in [0.2, 0.25) is 0 Å². The number of hydrogen-bond acceptors (Lipinski definition) is 4. The first-order chi connectivity index (χ1) is 9.11. The van der Waals surface area contributed by atoms with E-state index in [2.05, 4.69) is 5.16 Å². The minimum atomic E-state index is -0.0359. The molecule has 5 heteroatoms. The molecule has 1 amide bonds. The van der Waals surface area contributed by atoms with E-state index in [1.54, 1.807) is 31.1 Å². The molecule has 0 N–H and O–H groups in total. The summed E-state index contributed by atoms with van der Waals surface area (Å²) in [5, 5.41) is 3.84. The summed E-state index contributed by atoms with van der Waals surface area (Å²) in [4.78, 5) is 18.2. The molecule has 1 aromatic carbocycles. The second kappa shape index (κ2) is 5.56. The third-order valence-electron chi connectivity index (χ3n) is 2.70. The van der Waals surface area contributed by atoms with Crippen molar-refractivity contribution in [3.63, 3.8) is 0 Å². The molecule has 0 radical (unpaired) electrons. The van der Waals surface area contributed by atoms with Crippen LogP contribution in [0.5, 0.6) is 5.75 Å². The van der Waals surface area contributed by atoms with Crippen molar-refractivity contribution in [2.24, 2.45) is 5.16 Å². The molecule has 1 heterocycles. The van der Waals surface area contributed by atoms with Gasteiger partial charge in [0.1, 0.15) is 25.2 Å². The van der Waals surface area contributed by atoms with Crippen LogP contribution in [0.2, 0.25) is 0 Å². The number of rotatable bonds is 2. The predicted octanol–water partition coefficient (Wildman–Crippen LogP) is 1.80. The summed E-state index contributed by atoms with van der Waals surface area (Å²) in [5.41, 5.74) is 2.18. The van der Waals surface area contributed by atoms with Gasteiger partial charge in [-0.15, -0.1) is 0 Å². The van der Waals surface area contributed by atoms with E-state index >= 15 is 0 Å². The maximum atomic E-state index is 11.9. The SMILES string of the molecule is CO/N=C1/C=Cc2cc(C(=O)N(C)C)ccc2OC1. The van der Waals surface area contributed by atoms with Crippen LogP contribution in [0.3, 0.4) is 0 Å². The molecule has 1 aromatic rings. The Morgan fingerprint density at radius 3 is 2.84 bits per heavy atom. The highest BCUT2D eigenvalue weighted by molar-refractivity contribution is 6.01. The lowest BCUT2D eigenvalue weighted by Crippen LogP contribution is -2.21. The number of nitrogens with zero attached hydrogens (tertiary/aromatic N) is 2. The maximum absolute atomic E-state index is 11.9. The molecule has 0 saturated heterocycles. The summed E-state index contributed by atoms with van der Waals surface area (Å²) < 4.78 is 5.61. The Labute approximate surface area is 112 Å². The summed E-state index contributed by atoms with van der Waals surface area (Å²) in [6, 6.07) is 5.36. The lowest BCUT2D eigenvalue weighted by atomic mass is 10.1. The molecule has 0 unspecified atom stereocenters. The zero-order valence-electron chi connectivity index (χ0n) is 11.2. The van der Waals surface area contributed by atoms with Crippen LogP contribution in [0, 0.1) is 0 Å². The Bertz CT molecular complexity index is 548. The fourth-order valence-corrected chi connectivity index (χ4v) is 1.76. The maximum Gasteiger partial charge on any atom is 0.253 e. The number of carbonyl (C=O) groups excluding carboxylic acids is 1. The first kappa shape index (κ1) is 13.1. The summed E-state index contributed by atoms with van der Waals surface area (Å²) in [7, 11) is 4.94. The van der Waals surface area contributed by atoms with Gasteiger partial charge < -0.3 is 14.5 Å². The molecule has 0 atom stereocenters. The summed E-state index contributed by atoms with van der Waals surface area (Å²) in [6.07, 6.45) is 3.69. The van der Waals surface area contributed by atoms with Crippen molar-refractivity contribution in [1.82, 2.24) is 4.90 Å². The second-order valence-electron chi connectivity index (χ2n) is 4.34. The number of amides is 1. The lowest BCUT2D eigenvalue weighted by molar-refractivity contribution is 0.0827. The number of ether oxygens (including phenoxy) is 1. The predicted molar refractivity (Wildman–Crippen MR) is 73.4 cm³/mol. The molecule has 5 nitrogen and oxygen atoms in total. The average Bonchev–Trinajstić information content (AvgIpc) is 2.60. The third-order valence-corrected chi connectivity index (χ3v) is 2.70. The highest BCUT2D eigenvalue weighted by Crippen LogP contribution is 2.24. The van der Waals surface area contributed by atoms with Crippen LogP contribution in [-0.4, -0.2) is 44.3 Å². The minimum absolute atomic E-state index is 0.0359. The van der Waals surface area contributed by atoms with Crippen molar-refractivity contribution in [2.45, 2.75) is 0 Å². The van der Waals surface area contributed by atoms with Crippen LogP contribution in [0.25, 0.3) is 6.08 Å². The molecule has 0 spiro atoms. The molecule has 0 saturated carbocycles. The Morgan fingerprint density at radius 2 is 2.16 bits per heavy atom. The van der Waals surface area contributed by atoms with Crippen LogP contribution in [0.4, 0.5) is 0 Å². The smallest absolute Gasteiger partial charge is 0.253 e. The van der Waals surface area contributed by atoms with Crippen LogP contribution in [-0.2, 0) is 4.84 Å². The Balaban J connectivity index is 2.33. The zero-order valence-corrected chi connectivity index (χ0v) is 11.2. The summed E-state index contributed by atoms with van der Waals surface area (Å²) in [6.45, 7) is 0.346. The molecule has 19 heavy (non-hydrogen) atoms. The molecule has 0 aromatic heterocycles. The van der Waals surface area contributed by atoms with E-state index in [1.807, 2.05) is 18.2 Å². The number of carbonyl (C=O) groups is 1. The summed E-state index contributed by atoms with van der Waals surface area (Å²) in [5.74, 6) is 0.694. The highest BCUT2D eigenvalue weighted by Gasteiger charge is 2.13. The van der Waals surface area contributed by atoms with Gasteiger partial charge in [-0.1, -0.05) is 5.16 Å². The fourth-order valence-electron chi connectivity index (χ4n) is 1.76. The van der Waals surface area contributed by atoms with Crippen molar-refractivity contribution < 1.29 is 14.4 Å². The topological polar surface area (TPSA) is 51.1 Å². The quantitative estimate of drug-likeness (QED) is 0.762. The molecular weight excluding hydrogens is 244 g/mol. The Hall–Kier alpha value is -2.30. The first-order valence-electron chi connectivity index (χ1n) is 5.88. The Morgan fingerprint density at radius 1 is 1.37 bits per heavy atom. The Kier molecular flexibility index (Phi) is 3.85. The van der Waals surface area contributed by atoms with Gasteiger partial charge in [-0.3, -0.25) is 4.79 Å². The zero-order chi connectivity index (χ0) is 13.8. The van der Waals surface area contributed by atoms with Gasteiger partial charge in [0, 0.05) is 25.2 Å². The standard InChI is InChI=1S/C14H16N2O3/c1-16(2)14(17)11-5-7-13-10(8-11)4-6-12(9-19-13)15-18-3/h4-8H,9H2,1-3H3/b15-12-. The second-order valence-corrected chi connectivity index (χ2v) is 4.34. The molecular formula is C14H16N2O3. The van der Waals surface area contributed by atoms with E-state index in [4.69, 9.17) is 9.57 Å². The van der Waals surface area contributed by atoms with Crippen molar-refractivity contribution in [3.8, 4) is 5.75 Å². The van der Waals surface area contributed by atoms with E-state index in [9.17, 15) is 4.79 Å². The van der Waals surface area contributed by atoms with E-state index in [0.717, 1.165) is 11.3 Å². The fraction of sp³-hybridized carbons (Fsp3) is 0.286. The summed E-state index contributed by atoms with van der Waals surface area (Å²) >= 11 is 0. The number of hydrogen-bond donors (Lipinski definition) is 0.